The monoisotopic (exact) mass is 197 g/mol. The van der Waals surface area contributed by atoms with Crippen LogP contribution in [0.3, 0.4) is 0 Å². The van der Waals surface area contributed by atoms with Crippen molar-refractivity contribution < 1.29 is 0 Å². The molecule has 1 heteroatoms. The third-order valence-electron chi connectivity index (χ3n) is 1.62. The van der Waals surface area contributed by atoms with Crippen molar-refractivity contribution in [2.45, 2.75) is 20.3 Å². The third-order valence-corrected chi connectivity index (χ3v) is 2.37. The van der Waals surface area contributed by atoms with Gasteiger partial charge in [-0.15, -0.1) is 0 Å². The Morgan fingerprint density at radius 2 is 2.30 bits per heavy atom. The predicted octanol–water partition coefficient (Wildman–Crippen LogP) is 3.12. The first kappa shape index (κ1) is 7.80. The molecule has 53 valence electrons. The van der Waals surface area contributed by atoms with E-state index in [4.69, 9.17) is 0 Å². The van der Waals surface area contributed by atoms with Crippen LogP contribution in [-0.2, 0) is 6.42 Å². The Kier molecular flexibility index (Phi) is 2.50. The highest BCUT2D eigenvalue weighted by Gasteiger charge is 1.98. The molecule has 0 aliphatic rings. The SMILES string of the molecule is CCc1c(C)[c]ccc1Br. The summed E-state index contributed by atoms with van der Waals surface area (Å²) in [5, 5.41) is 0. The average Bonchev–Trinajstić information content (AvgIpc) is 1.88. The van der Waals surface area contributed by atoms with Crippen molar-refractivity contribution in [1.29, 1.82) is 0 Å². The zero-order valence-corrected chi connectivity index (χ0v) is 7.83. The van der Waals surface area contributed by atoms with Gasteiger partial charge in [-0.3, -0.25) is 0 Å². The molecule has 1 aromatic rings. The molecule has 1 radical (unpaired) electrons. The lowest BCUT2D eigenvalue weighted by molar-refractivity contribution is 1.09. The Hall–Kier alpha value is -0.300. The summed E-state index contributed by atoms with van der Waals surface area (Å²) in [5.41, 5.74) is 2.61. The molecule has 1 aromatic carbocycles. The van der Waals surface area contributed by atoms with Crippen molar-refractivity contribution in [2.24, 2.45) is 0 Å². The molecule has 1 rings (SSSR count). The van der Waals surface area contributed by atoms with E-state index >= 15 is 0 Å². The quantitative estimate of drug-likeness (QED) is 0.650. The Bertz CT molecular complexity index is 208. The van der Waals surface area contributed by atoms with Gasteiger partial charge in [-0.05, 0) is 36.6 Å². The molecule has 0 nitrogen and oxygen atoms in total. The van der Waals surface area contributed by atoms with Crippen LogP contribution in [0.1, 0.15) is 18.1 Å². The largest absolute Gasteiger partial charge is 0.0612 e. The van der Waals surface area contributed by atoms with E-state index < -0.39 is 0 Å². The first-order valence-electron chi connectivity index (χ1n) is 3.41. The van der Waals surface area contributed by atoms with Crippen molar-refractivity contribution in [1.82, 2.24) is 0 Å². The number of aryl methyl sites for hydroxylation is 1. The molecule has 0 aliphatic heterocycles. The molecule has 0 fully saturated rings. The summed E-state index contributed by atoms with van der Waals surface area (Å²) >= 11 is 3.49. The summed E-state index contributed by atoms with van der Waals surface area (Å²) in [6, 6.07) is 7.14. The van der Waals surface area contributed by atoms with E-state index in [1.807, 2.05) is 12.1 Å². The summed E-state index contributed by atoms with van der Waals surface area (Å²) in [5.74, 6) is 0. The molecular weight excluding hydrogens is 188 g/mol. The first-order valence-corrected chi connectivity index (χ1v) is 4.20. The van der Waals surface area contributed by atoms with Gasteiger partial charge in [0.15, 0.2) is 0 Å². The standard InChI is InChI=1S/C9H10Br/c1-3-8-7(2)5-4-6-9(8)10/h4,6H,3H2,1-2H3. The van der Waals surface area contributed by atoms with Crippen LogP contribution in [0.5, 0.6) is 0 Å². The fourth-order valence-corrected chi connectivity index (χ4v) is 1.75. The molecule has 0 atom stereocenters. The fraction of sp³-hybridized carbons (Fsp3) is 0.333. The van der Waals surface area contributed by atoms with Gasteiger partial charge >= 0.3 is 0 Å². The van der Waals surface area contributed by atoms with E-state index in [0.29, 0.717) is 0 Å². The van der Waals surface area contributed by atoms with Gasteiger partial charge in [-0.2, -0.15) is 0 Å². The second-order valence-corrected chi connectivity index (χ2v) is 3.14. The molecular formula is C9H10Br. The van der Waals surface area contributed by atoms with Crippen LogP contribution in [0.2, 0.25) is 0 Å². The van der Waals surface area contributed by atoms with Crippen molar-refractivity contribution >= 4 is 15.9 Å². The Labute approximate surface area is 70.4 Å². The molecule has 0 aliphatic carbocycles. The van der Waals surface area contributed by atoms with Crippen molar-refractivity contribution in [2.75, 3.05) is 0 Å². The predicted molar refractivity (Wildman–Crippen MR) is 47.1 cm³/mol. The lowest BCUT2D eigenvalue weighted by atomic mass is 10.1. The van der Waals surface area contributed by atoms with Gasteiger partial charge in [0.05, 0.1) is 0 Å². The molecule has 0 saturated carbocycles. The highest BCUT2D eigenvalue weighted by atomic mass is 79.9. The summed E-state index contributed by atoms with van der Waals surface area (Å²) in [4.78, 5) is 0. The zero-order chi connectivity index (χ0) is 7.56. The van der Waals surface area contributed by atoms with E-state index in [1.165, 1.54) is 15.6 Å². The maximum absolute atomic E-state index is 3.49. The highest BCUT2D eigenvalue weighted by molar-refractivity contribution is 9.10. The average molecular weight is 198 g/mol. The molecule has 0 heterocycles. The van der Waals surface area contributed by atoms with Gasteiger partial charge < -0.3 is 0 Å². The number of rotatable bonds is 1. The second kappa shape index (κ2) is 3.20. The van der Waals surface area contributed by atoms with Gasteiger partial charge in [0.1, 0.15) is 0 Å². The molecule has 0 bridgehead atoms. The smallest absolute Gasteiger partial charge is 0.0210 e. The number of hydrogen-bond donors (Lipinski definition) is 0. The summed E-state index contributed by atoms with van der Waals surface area (Å²) in [7, 11) is 0. The molecule has 0 spiro atoms. The minimum absolute atomic E-state index is 1.07. The molecule has 0 N–H and O–H groups in total. The maximum Gasteiger partial charge on any atom is 0.0210 e. The van der Waals surface area contributed by atoms with Gasteiger partial charge in [0.25, 0.3) is 0 Å². The Morgan fingerprint density at radius 3 is 2.70 bits per heavy atom. The lowest BCUT2D eigenvalue weighted by Gasteiger charge is -2.03. The van der Waals surface area contributed by atoms with E-state index in [2.05, 4.69) is 35.8 Å². The third kappa shape index (κ3) is 1.40. The summed E-state index contributed by atoms with van der Waals surface area (Å²) in [6.07, 6.45) is 1.07. The van der Waals surface area contributed by atoms with E-state index in [-0.39, 0.29) is 0 Å². The molecule has 0 unspecified atom stereocenters. The van der Waals surface area contributed by atoms with Gasteiger partial charge in [0, 0.05) is 4.47 Å². The van der Waals surface area contributed by atoms with Crippen LogP contribution in [0.25, 0.3) is 0 Å². The van der Waals surface area contributed by atoms with Crippen molar-refractivity contribution in [3.63, 3.8) is 0 Å². The van der Waals surface area contributed by atoms with Crippen LogP contribution in [0.4, 0.5) is 0 Å². The van der Waals surface area contributed by atoms with Gasteiger partial charge in [-0.1, -0.05) is 28.9 Å². The number of hydrogen-bond acceptors (Lipinski definition) is 0. The highest BCUT2D eigenvalue weighted by Crippen LogP contribution is 2.19. The fourth-order valence-electron chi connectivity index (χ4n) is 1.04. The molecule has 0 saturated heterocycles. The maximum atomic E-state index is 3.49. The number of halogens is 1. The van der Waals surface area contributed by atoms with Crippen LogP contribution in [0.15, 0.2) is 16.6 Å². The zero-order valence-electron chi connectivity index (χ0n) is 6.24. The van der Waals surface area contributed by atoms with Gasteiger partial charge in [0.2, 0.25) is 0 Å². The van der Waals surface area contributed by atoms with Crippen LogP contribution in [-0.4, -0.2) is 0 Å². The Balaban J connectivity index is 3.17. The normalized spacial score (nSPS) is 9.90. The van der Waals surface area contributed by atoms with Crippen LogP contribution >= 0.6 is 15.9 Å². The van der Waals surface area contributed by atoms with E-state index in [0.717, 1.165) is 6.42 Å². The van der Waals surface area contributed by atoms with Gasteiger partial charge in [-0.25, -0.2) is 0 Å². The van der Waals surface area contributed by atoms with Crippen molar-refractivity contribution in [3.05, 3.63) is 33.8 Å². The first-order chi connectivity index (χ1) is 4.75. The second-order valence-electron chi connectivity index (χ2n) is 2.28. The van der Waals surface area contributed by atoms with Crippen LogP contribution < -0.4 is 0 Å². The minimum Gasteiger partial charge on any atom is -0.0612 e. The molecule has 0 amide bonds. The van der Waals surface area contributed by atoms with Crippen molar-refractivity contribution in [3.8, 4) is 0 Å². The minimum atomic E-state index is 1.07. The molecule has 0 aromatic heterocycles. The van der Waals surface area contributed by atoms with Crippen LogP contribution in [0, 0.1) is 13.0 Å². The lowest BCUT2D eigenvalue weighted by Crippen LogP contribution is -1.86. The molecule has 10 heavy (non-hydrogen) atoms. The number of benzene rings is 1. The topological polar surface area (TPSA) is 0 Å². The summed E-state index contributed by atoms with van der Waals surface area (Å²) < 4.78 is 1.20. The Morgan fingerprint density at radius 1 is 1.60 bits per heavy atom. The van der Waals surface area contributed by atoms with E-state index in [1.54, 1.807) is 0 Å². The van der Waals surface area contributed by atoms with E-state index in [9.17, 15) is 0 Å². The summed E-state index contributed by atoms with van der Waals surface area (Å²) in [6.45, 7) is 4.24.